The Morgan fingerprint density at radius 1 is 0.150 bits per heavy atom. The summed E-state index contributed by atoms with van der Waals surface area (Å²) in [5, 5.41) is 0. The van der Waals surface area contributed by atoms with Crippen molar-refractivity contribution in [2.45, 2.75) is 543 Å². The van der Waals surface area contributed by atoms with Crippen LogP contribution in [0.4, 0.5) is 0 Å². The molecule has 100 heavy (non-hydrogen) atoms. The number of unbranched alkanes of at least 4 members (excludes halogenated alkanes) is 58. The molecule has 0 atom stereocenters. The van der Waals surface area contributed by atoms with Gasteiger partial charge in [0.2, 0.25) is 0 Å². The summed E-state index contributed by atoms with van der Waals surface area (Å²) in [5.74, 6) is 16.0. The van der Waals surface area contributed by atoms with Crippen molar-refractivity contribution in [2.75, 3.05) is 0 Å². The molecule has 0 aromatic heterocycles. The summed E-state index contributed by atoms with van der Waals surface area (Å²) in [6.07, 6.45) is 103. The molecule has 1 aliphatic rings. The Labute approximate surface area is 630 Å². The average molecular weight is 1380 g/mol. The van der Waals surface area contributed by atoms with Gasteiger partial charge in [-0.3, -0.25) is 0 Å². The predicted octanol–water partition coefficient (Wildman–Crippen LogP) is 33.4. The van der Waals surface area contributed by atoms with Crippen molar-refractivity contribution < 1.29 is 0 Å². The van der Waals surface area contributed by atoms with Crippen LogP contribution in [0.25, 0.3) is 0 Å². The Balaban J connectivity index is 2.48. The summed E-state index contributed by atoms with van der Waals surface area (Å²) in [5.41, 5.74) is 21.9. The Bertz CT molecular complexity index is 2130. The minimum atomic E-state index is 0.930. The van der Waals surface area contributed by atoms with Gasteiger partial charge in [0, 0.05) is 25.7 Å². The van der Waals surface area contributed by atoms with E-state index in [2.05, 4.69) is 79.1 Å². The zero-order chi connectivity index (χ0) is 71.5. The topological polar surface area (TPSA) is 0 Å². The second-order valence-electron chi connectivity index (χ2n) is 33.0. The average Bonchev–Trinajstić information content (AvgIpc) is 0.725. The molecule has 0 fully saturated rings. The van der Waals surface area contributed by atoms with Crippen molar-refractivity contribution >= 4 is 0 Å². The summed E-state index contributed by atoms with van der Waals surface area (Å²) in [6.45, 7) is 19.0. The number of hydrogen-bond acceptors (Lipinski definition) is 0. The lowest BCUT2D eigenvalue weighted by Crippen LogP contribution is -2.23. The molecule has 0 nitrogen and oxygen atoms in total. The van der Waals surface area contributed by atoms with Crippen LogP contribution in [0.15, 0.2) is 0 Å². The minimum Gasteiger partial charge on any atom is -0.103 e. The zero-order valence-electron chi connectivity index (χ0n) is 69.7. The van der Waals surface area contributed by atoms with Crippen LogP contribution >= 0.6 is 0 Å². The van der Waals surface area contributed by atoms with E-state index in [-0.39, 0.29) is 0 Å². The Morgan fingerprint density at radius 3 is 0.490 bits per heavy atom. The van der Waals surface area contributed by atoms with Crippen molar-refractivity contribution in [3.63, 3.8) is 0 Å². The quantitative estimate of drug-likeness (QED) is 0.0390. The molecule has 0 aliphatic heterocycles. The maximum atomic E-state index is 4.06. The van der Waals surface area contributed by atoms with E-state index in [1.54, 1.807) is 22.3 Å². The highest BCUT2D eigenvalue weighted by molar-refractivity contribution is 5.64. The summed E-state index contributed by atoms with van der Waals surface area (Å²) in [4.78, 5) is 0. The molecule has 576 valence electrons. The molecular formula is C100H176. The lowest BCUT2D eigenvalue weighted by atomic mass is 9.69. The number of hydrogen-bond donors (Lipinski definition) is 0. The first-order valence-corrected chi connectivity index (χ1v) is 46.8. The fourth-order valence-electron chi connectivity index (χ4n) is 17.4. The maximum Gasteiger partial charge on any atom is 0.0346 e. The number of benzene rings is 2. The highest BCUT2D eigenvalue weighted by atomic mass is 14.4. The molecule has 1 aliphatic carbocycles. The van der Waals surface area contributed by atoms with Crippen LogP contribution in [0.5, 0.6) is 0 Å². The molecule has 0 bridgehead atoms. The van der Waals surface area contributed by atoms with Crippen LogP contribution in [0.1, 0.15) is 546 Å². The van der Waals surface area contributed by atoms with Crippen LogP contribution in [0.3, 0.4) is 0 Å². The fraction of sp³-hybridized carbons (Fsp3) is 0.840. The summed E-state index contributed by atoms with van der Waals surface area (Å²) in [7, 11) is 0. The van der Waals surface area contributed by atoms with Crippen LogP contribution in [0.2, 0.25) is 0 Å². The lowest BCUT2D eigenvalue weighted by Gasteiger charge is -2.35. The first-order chi connectivity index (χ1) is 49.6. The van der Waals surface area contributed by atoms with Gasteiger partial charge in [-0.25, -0.2) is 0 Å². The Kier molecular flexibility index (Phi) is 62.7. The SMILES string of the molecule is CCCCCCCCCCC#CCc1c(CC#CCCCCCCCCCC)c(CCCCCCCCCC)c2c(c1CCCCCCCCCC)Cc1c(CCCCCCCCCC)c(CCCCCCCCCC)c(CCCCCCCCCC)c(CCCCCCCCCC)c1C2. The molecule has 0 saturated carbocycles. The standard InChI is InChI=1S/C100H176/c1-9-17-25-33-41-49-51-53-61-65-73-81-91-92(82-74-66-62-54-52-50-42-34-26-18-10-2)96(86-78-70-60-48-40-32-24-16-8)100-88-98-94(84-76-68-58-46-38-30-22-14-6)90(80-72-64-56-44-36-28-20-12-4)89(79-71-63-55-43-35-27-19-11-3)93(83-75-67-57-45-37-29-21-13-5)97(98)87-99(100)95(91)85-77-69-59-47-39-31-23-15-7/h9-64,67-72,75-88H2,1-8H3. The molecule has 2 aromatic carbocycles. The predicted molar refractivity (Wildman–Crippen MR) is 454 cm³/mol. The van der Waals surface area contributed by atoms with E-state index in [1.807, 2.05) is 44.5 Å². The van der Waals surface area contributed by atoms with Crippen molar-refractivity contribution in [3.05, 3.63) is 66.8 Å². The van der Waals surface area contributed by atoms with E-state index < -0.39 is 0 Å². The van der Waals surface area contributed by atoms with Gasteiger partial charge in [-0.1, -0.05) is 427 Å². The van der Waals surface area contributed by atoms with Crippen LogP contribution in [-0.4, -0.2) is 0 Å². The largest absolute Gasteiger partial charge is 0.103 e. The summed E-state index contributed by atoms with van der Waals surface area (Å²) >= 11 is 0. The maximum absolute atomic E-state index is 4.06. The smallest absolute Gasteiger partial charge is 0.0346 e. The molecule has 0 amide bonds. The van der Waals surface area contributed by atoms with Gasteiger partial charge in [0.1, 0.15) is 0 Å². The highest BCUT2D eigenvalue weighted by Crippen LogP contribution is 2.44. The van der Waals surface area contributed by atoms with Crippen LogP contribution < -0.4 is 0 Å². The monoisotopic (exact) mass is 1380 g/mol. The van der Waals surface area contributed by atoms with Crippen LogP contribution in [0, 0.1) is 23.7 Å². The van der Waals surface area contributed by atoms with Gasteiger partial charge in [0.25, 0.3) is 0 Å². The normalized spacial score (nSPS) is 11.9. The van der Waals surface area contributed by atoms with E-state index >= 15 is 0 Å². The first-order valence-electron chi connectivity index (χ1n) is 46.8. The molecule has 2 aromatic rings. The van der Waals surface area contributed by atoms with E-state index in [0.29, 0.717) is 0 Å². The van der Waals surface area contributed by atoms with Gasteiger partial charge >= 0.3 is 0 Å². The molecule has 0 saturated heterocycles. The number of rotatable bonds is 72. The second kappa shape index (κ2) is 68.4. The molecular weight excluding hydrogens is 1200 g/mol. The van der Waals surface area contributed by atoms with Crippen molar-refractivity contribution in [1.82, 2.24) is 0 Å². The van der Waals surface area contributed by atoms with E-state index in [9.17, 15) is 0 Å². The Morgan fingerprint density at radius 2 is 0.300 bits per heavy atom. The van der Waals surface area contributed by atoms with Crippen molar-refractivity contribution in [1.29, 1.82) is 0 Å². The van der Waals surface area contributed by atoms with Gasteiger partial charge in [0.05, 0.1) is 0 Å². The fourth-order valence-corrected chi connectivity index (χ4v) is 17.4. The first kappa shape index (κ1) is 91.8. The van der Waals surface area contributed by atoms with Gasteiger partial charge in [0.15, 0.2) is 0 Å². The molecule has 0 heteroatoms. The molecule has 0 unspecified atom stereocenters. The third-order valence-corrected chi connectivity index (χ3v) is 23.9. The van der Waals surface area contributed by atoms with Crippen molar-refractivity contribution in [3.8, 4) is 23.7 Å². The van der Waals surface area contributed by atoms with E-state index in [4.69, 9.17) is 0 Å². The van der Waals surface area contributed by atoms with Gasteiger partial charge in [-0.2, -0.15) is 0 Å². The minimum absolute atomic E-state index is 0.930. The van der Waals surface area contributed by atoms with Gasteiger partial charge in [-0.15, -0.1) is 11.8 Å². The third-order valence-electron chi connectivity index (χ3n) is 23.9. The molecule has 0 radical (unpaired) electrons. The lowest BCUT2D eigenvalue weighted by molar-refractivity contribution is 0.562. The summed E-state index contributed by atoms with van der Waals surface area (Å²) in [6, 6.07) is 0. The number of fused-ring (bicyclic) bond motifs is 2. The molecule has 3 rings (SSSR count). The van der Waals surface area contributed by atoms with Gasteiger partial charge < -0.3 is 0 Å². The second-order valence-corrected chi connectivity index (χ2v) is 33.0. The third kappa shape index (κ3) is 43.9. The molecule has 0 spiro atoms. The Hall–Kier alpha value is -2.44. The molecule has 0 N–H and O–H groups in total. The zero-order valence-corrected chi connectivity index (χ0v) is 69.7. The van der Waals surface area contributed by atoms with E-state index in [0.717, 1.165) is 25.7 Å². The van der Waals surface area contributed by atoms with Crippen molar-refractivity contribution in [2.24, 2.45) is 0 Å². The highest BCUT2D eigenvalue weighted by Gasteiger charge is 2.32. The summed E-state index contributed by atoms with van der Waals surface area (Å²) < 4.78 is 0. The molecule has 0 heterocycles. The van der Waals surface area contributed by atoms with Crippen LogP contribution in [-0.2, 0) is 64.2 Å². The van der Waals surface area contributed by atoms with Gasteiger partial charge in [-0.05, 0) is 169 Å². The van der Waals surface area contributed by atoms with E-state index in [1.165, 1.54) is 462 Å².